The van der Waals surface area contributed by atoms with E-state index in [0.717, 1.165) is 0 Å². The highest BCUT2D eigenvalue weighted by Crippen LogP contribution is 2.26. The number of hydrogen-bond acceptors (Lipinski definition) is 5. The second kappa shape index (κ2) is 6.90. The van der Waals surface area contributed by atoms with Gasteiger partial charge in [-0.05, 0) is 20.8 Å². The summed E-state index contributed by atoms with van der Waals surface area (Å²) in [6.07, 6.45) is 1.62. The lowest BCUT2D eigenvalue weighted by Crippen LogP contribution is -2.31. The van der Waals surface area contributed by atoms with Crippen LogP contribution in [0.15, 0.2) is 17.7 Å². The van der Waals surface area contributed by atoms with Gasteiger partial charge in [0.25, 0.3) is 0 Å². The van der Waals surface area contributed by atoms with Crippen molar-refractivity contribution in [3.63, 3.8) is 0 Å². The zero-order valence-electron chi connectivity index (χ0n) is 11.2. The molecule has 1 heterocycles. The van der Waals surface area contributed by atoms with Gasteiger partial charge >= 0.3 is 0 Å². The van der Waals surface area contributed by atoms with E-state index in [9.17, 15) is 4.79 Å². The first kappa shape index (κ1) is 15.2. The van der Waals surface area contributed by atoms with Gasteiger partial charge in [-0.1, -0.05) is 17.8 Å². The molecule has 1 aromatic heterocycles. The van der Waals surface area contributed by atoms with Crippen LogP contribution in [0.3, 0.4) is 0 Å². The lowest BCUT2D eigenvalue weighted by molar-refractivity contribution is -0.120. The fourth-order valence-electron chi connectivity index (χ4n) is 1.43. The van der Waals surface area contributed by atoms with Crippen molar-refractivity contribution in [3.8, 4) is 6.07 Å². The van der Waals surface area contributed by atoms with Gasteiger partial charge < -0.3 is 5.32 Å². The number of nitrogens with one attached hydrogen (secondary N) is 1. The Kier molecular flexibility index (Phi) is 5.52. The predicted molar refractivity (Wildman–Crippen MR) is 74.7 cm³/mol. The van der Waals surface area contributed by atoms with Gasteiger partial charge in [-0.3, -0.25) is 4.79 Å². The van der Waals surface area contributed by atoms with Gasteiger partial charge in [-0.15, -0.1) is 6.58 Å². The maximum Gasteiger partial charge on any atom is 0.233 e. The van der Waals surface area contributed by atoms with Gasteiger partial charge in [-0.2, -0.15) is 5.26 Å². The Morgan fingerprint density at radius 2 is 2.26 bits per heavy atom. The van der Waals surface area contributed by atoms with E-state index >= 15 is 0 Å². The standard InChI is InChI=1S/C13H16N4OS/c1-5-6-15-12(18)9(3)19-13-11(7-14)8(2)16-10(4)17-13/h5,9H,1,6H2,2-4H3,(H,15,18). The maximum atomic E-state index is 11.8. The van der Waals surface area contributed by atoms with E-state index in [1.54, 1.807) is 26.8 Å². The van der Waals surface area contributed by atoms with Crippen LogP contribution < -0.4 is 5.32 Å². The van der Waals surface area contributed by atoms with Crippen molar-refractivity contribution < 1.29 is 4.79 Å². The number of amides is 1. The van der Waals surface area contributed by atoms with Crippen LogP contribution in [0.1, 0.15) is 24.0 Å². The van der Waals surface area contributed by atoms with Crippen molar-refractivity contribution in [2.75, 3.05) is 6.54 Å². The van der Waals surface area contributed by atoms with Crippen LogP contribution >= 0.6 is 11.8 Å². The van der Waals surface area contributed by atoms with E-state index in [4.69, 9.17) is 5.26 Å². The summed E-state index contributed by atoms with van der Waals surface area (Å²) >= 11 is 1.26. The molecular weight excluding hydrogens is 260 g/mol. The summed E-state index contributed by atoms with van der Waals surface area (Å²) in [6.45, 7) is 9.27. The van der Waals surface area contributed by atoms with E-state index in [1.165, 1.54) is 11.8 Å². The first-order valence-corrected chi connectivity index (χ1v) is 6.68. The van der Waals surface area contributed by atoms with Gasteiger partial charge in [0.15, 0.2) is 0 Å². The second-order valence-electron chi connectivity index (χ2n) is 3.94. The Labute approximate surface area is 117 Å². The number of carbonyl (C=O) groups is 1. The van der Waals surface area contributed by atoms with Crippen LogP contribution in [-0.2, 0) is 4.79 Å². The number of nitrogens with zero attached hydrogens (tertiary/aromatic N) is 3. The van der Waals surface area contributed by atoms with Crippen molar-refractivity contribution >= 4 is 17.7 Å². The Morgan fingerprint density at radius 3 is 2.84 bits per heavy atom. The zero-order chi connectivity index (χ0) is 14.4. The number of carbonyl (C=O) groups excluding carboxylic acids is 1. The summed E-state index contributed by atoms with van der Waals surface area (Å²) in [7, 11) is 0. The predicted octanol–water partition coefficient (Wildman–Crippen LogP) is 1.75. The normalized spacial score (nSPS) is 11.5. The lowest BCUT2D eigenvalue weighted by Gasteiger charge is -2.12. The van der Waals surface area contributed by atoms with Crippen LogP contribution in [0.5, 0.6) is 0 Å². The Hall–Kier alpha value is -1.87. The number of aryl methyl sites for hydroxylation is 2. The number of hydrogen-bond donors (Lipinski definition) is 1. The van der Waals surface area contributed by atoms with Gasteiger partial charge in [0.2, 0.25) is 5.91 Å². The zero-order valence-corrected chi connectivity index (χ0v) is 12.0. The molecule has 0 aromatic carbocycles. The summed E-state index contributed by atoms with van der Waals surface area (Å²) in [5, 5.41) is 12.1. The number of aromatic nitrogens is 2. The summed E-state index contributed by atoms with van der Waals surface area (Å²) in [5.74, 6) is 0.486. The van der Waals surface area contributed by atoms with E-state index in [1.807, 2.05) is 0 Å². The highest BCUT2D eigenvalue weighted by molar-refractivity contribution is 8.00. The van der Waals surface area contributed by atoms with E-state index in [2.05, 4.69) is 27.9 Å². The molecule has 1 atom stereocenters. The van der Waals surface area contributed by atoms with Crippen LogP contribution in [-0.4, -0.2) is 27.7 Å². The molecule has 1 rings (SSSR count). The summed E-state index contributed by atoms with van der Waals surface area (Å²) in [4.78, 5) is 20.2. The molecule has 0 spiro atoms. The fourth-order valence-corrected chi connectivity index (χ4v) is 2.45. The highest BCUT2D eigenvalue weighted by Gasteiger charge is 2.18. The van der Waals surface area contributed by atoms with Gasteiger partial charge in [-0.25, -0.2) is 9.97 Å². The molecule has 1 amide bonds. The largest absolute Gasteiger partial charge is 0.352 e. The Balaban J connectivity index is 2.90. The number of rotatable bonds is 5. The monoisotopic (exact) mass is 276 g/mol. The van der Waals surface area contributed by atoms with Crippen molar-refractivity contribution in [2.45, 2.75) is 31.0 Å². The Bertz CT molecular complexity index is 536. The molecule has 0 aliphatic rings. The molecule has 1 unspecified atom stereocenters. The fraction of sp³-hybridized carbons (Fsp3) is 0.385. The smallest absolute Gasteiger partial charge is 0.233 e. The molecular formula is C13H16N4OS. The minimum absolute atomic E-state index is 0.109. The summed E-state index contributed by atoms with van der Waals surface area (Å²) < 4.78 is 0. The lowest BCUT2D eigenvalue weighted by atomic mass is 10.3. The molecule has 19 heavy (non-hydrogen) atoms. The Morgan fingerprint density at radius 1 is 1.58 bits per heavy atom. The first-order valence-electron chi connectivity index (χ1n) is 5.80. The van der Waals surface area contributed by atoms with E-state index < -0.39 is 0 Å². The molecule has 6 heteroatoms. The average molecular weight is 276 g/mol. The van der Waals surface area contributed by atoms with E-state index in [0.29, 0.717) is 28.7 Å². The first-order chi connectivity index (χ1) is 8.99. The van der Waals surface area contributed by atoms with Crippen molar-refractivity contribution in [3.05, 3.63) is 29.7 Å². The topological polar surface area (TPSA) is 78.7 Å². The van der Waals surface area contributed by atoms with Crippen molar-refractivity contribution in [1.29, 1.82) is 5.26 Å². The molecule has 0 fully saturated rings. The van der Waals surface area contributed by atoms with Crippen LogP contribution in [0.4, 0.5) is 0 Å². The van der Waals surface area contributed by atoms with Crippen LogP contribution in [0.25, 0.3) is 0 Å². The molecule has 5 nitrogen and oxygen atoms in total. The van der Waals surface area contributed by atoms with Gasteiger partial charge in [0, 0.05) is 6.54 Å². The number of thioether (sulfide) groups is 1. The highest BCUT2D eigenvalue weighted by atomic mass is 32.2. The second-order valence-corrected chi connectivity index (χ2v) is 5.27. The molecule has 0 aliphatic heterocycles. The van der Waals surface area contributed by atoms with Crippen molar-refractivity contribution in [2.24, 2.45) is 0 Å². The van der Waals surface area contributed by atoms with Crippen molar-refractivity contribution in [1.82, 2.24) is 15.3 Å². The molecule has 1 aromatic rings. The van der Waals surface area contributed by atoms with Gasteiger partial charge in [0.05, 0.1) is 10.9 Å². The minimum atomic E-state index is -0.333. The molecule has 0 radical (unpaired) electrons. The van der Waals surface area contributed by atoms with Crippen LogP contribution in [0, 0.1) is 25.2 Å². The summed E-state index contributed by atoms with van der Waals surface area (Å²) in [5.41, 5.74) is 1.06. The molecule has 1 N–H and O–H groups in total. The van der Waals surface area contributed by atoms with E-state index in [-0.39, 0.29) is 11.2 Å². The third kappa shape index (κ3) is 4.07. The molecule has 0 saturated heterocycles. The molecule has 0 saturated carbocycles. The third-order valence-corrected chi connectivity index (χ3v) is 3.44. The average Bonchev–Trinajstić information content (AvgIpc) is 2.35. The van der Waals surface area contributed by atoms with Gasteiger partial charge in [0.1, 0.15) is 22.5 Å². The maximum absolute atomic E-state index is 11.8. The molecule has 0 aliphatic carbocycles. The number of nitriles is 1. The third-order valence-electron chi connectivity index (χ3n) is 2.36. The SMILES string of the molecule is C=CCNC(=O)C(C)Sc1nc(C)nc(C)c1C#N. The quantitative estimate of drug-likeness (QED) is 0.503. The minimum Gasteiger partial charge on any atom is -0.352 e. The van der Waals surface area contributed by atoms with Crippen LogP contribution in [0.2, 0.25) is 0 Å². The molecule has 0 bridgehead atoms. The molecule has 100 valence electrons. The summed E-state index contributed by atoms with van der Waals surface area (Å²) in [6, 6.07) is 2.08.